The Bertz CT molecular complexity index is 896. The van der Waals surface area contributed by atoms with E-state index >= 15 is 0 Å². The van der Waals surface area contributed by atoms with Crippen LogP contribution in [-0.4, -0.2) is 35.0 Å². The van der Waals surface area contributed by atoms with Crippen LogP contribution in [0.2, 0.25) is 0 Å². The monoisotopic (exact) mass is 404 g/mol. The number of aryl methyl sites for hydroxylation is 1. The van der Waals surface area contributed by atoms with Gasteiger partial charge in [-0.3, -0.25) is 9.69 Å². The van der Waals surface area contributed by atoms with Crippen molar-refractivity contribution in [2.45, 2.75) is 50.8 Å². The Morgan fingerprint density at radius 1 is 1.07 bits per heavy atom. The number of aliphatic hydroxyl groups is 1. The lowest BCUT2D eigenvalue weighted by Gasteiger charge is -2.33. The van der Waals surface area contributed by atoms with Gasteiger partial charge in [-0.25, -0.2) is 0 Å². The predicted octanol–water partition coefficient (Wildman–Crippen LogP) is 3.62. The van der Waals surface area contributed by atoms with Crippen molar-refractivity contribution in [3.63, 3.8) is 0 Å². The first-order chi connectivity index (χ1) is 14.6. The fraction of sp³-hybridized carbons (Fsp3) is 0.500. The highest BCUT2D eigenvalue weighted by atomic mass is 16.3. The highest BCUT2D eigenvalue weighted by Crippen LogP contribution is 2.47. The Morgan fingerprint density at radius 3 is 2.43 bits per heavy atom. The SMILES string of the molecule is Cc1cccc(CN2C[C@@H]3C(NC(=O)C(O)(c4ccccc4)C4CCCC4)[C@@H]3C2)c1. The molecule has 2 aromatic rings. The van der Waals surface area contributed by atoms with E-state index in [9.17, 15) is 9.90 Å². The van der Waals surface area contributed by atoms with Crippen LogP contribution in [0, 0.1) is 24.7 Å². The lowest BCUT2D eigenvalue weighted by Crippen LogP contribution is -2.50. The van der Waals surface area contributed by atoms with Crippen molar-refractivity contribution in [2.75, 3.05) is 13.1 Å². The van der Waals surface area contributed by atoms with Gasteiger partial charge in [-0.05, 0) is 42.7 Å². The number of likely N-dealkylation sites (tertiary alicyclic amines) is 1. The van der Waals surface area contributed by atoms with E-state index in [2.05, 4.69) is 41.4 Å². The van der Waals surface area contributed by atoms with E-state index in [1.807, 2.05) is 30.3 Å². The minimum Gasteiger partial charge on any atom is -0.375 e. The second-order valence-corrected chi connectivity index (χ2v) is 9.62. The molecule has 0 spiro atoms. The Hall–Kier alpha value is -2.17. The largest absolute Gasteiger partial charge is 0.375 e. The Morgan fingerprint density at radius 2 is 1.77 bits per heavy atom. The molecule has 2 N–H and O–H groups in total. The number of amides is 1. The Balaban J connectivity index is 1.23. The standard InChI is InChI=1S/C26H32N2O2/c1-18-8-7-9-19(14-18)15-28-16-22-23(17-28)24(22)27-25(29)26(30,21-12-5-6-13-21)20-10-3-2-4-11-20/h2-4,7-11,14,21-24,30H,5-6,12-13,15-17H2,1H3,(H,27,29)/t22-,23+,24?,26?. The molecular weight excluding hydrogens is 372 g/mol. The van der Waals surface area contributed by atoms with Crippen LogP contribution in [0.25, 0.3) is 0 Å². The normalized spacial score (nSPS) is 28.1. The van der Waals surface area contributed by atoms with Gasteiger partial charge in [0.2, 0.25) is 0 Å². The van der Waals surface area contributed by atoms with E-state index in [1.54, 1.807) is 0 Å². The summed E-state index contributed by atoms with van der Waals surface area (Å²) in [5, 5.41) is 14.9. The first-order valence-electron chi connectivity index (χ1n) is 11.4. The summed E-state index contributed by atoms with van der Waals surface area (Å²) in [5.74, 6) is 0.853. The van der Waals surface area contributed by atoms with Gasteiger partial charge in [0.15, 0.2) is 5.60 Å². The van der Waals surface area contributed by atoms with Crippen LogP contribution in [0.4, 0.5) is 0 Å². The molecule has 1 amide bonds. The minimum atomic E-state index is -1.41. The molecule has 1 aliphatic heterocycles. The van der Waals surface area contributed by atoms with Crippen LogP contribution < -0.4 is 5.32 Å². The maximum absolute atomic E-state index is 13.4. The summed E-state index contributed by atoms with van der Waals surface area (Å²) in [6.07, 6.45) is 4.02. The molecule has 0 bridgehead atoms. The van der Waals surface area contributed by atoms with Gasteiger partial charge >= 0.3 is 0 Å². The second kappa shape index (κ2) is 7.82. The van der Waals surface area contributed by atoms with Crippen LogP contribution in [0.1, 0.15) is 42.4 Å². The van der Waals surface area contributed by atoms with Gasteiger partial charge in [-0.15, -0.1) is 0 Å². The molecule has 1 saturated heterocycles. The number of benzene rings is 2. The fourth-order valence-corrected chi connectivity index (χ4v) is 5.88. The van der Waals surface area contributed by atoms with E-state index in [-0.39, 0.29) is 17.9 Å². The molecule has 2 saturated carbocycles. The highest BCUT2D eigenvalue weighted by molar-refractivity contribution is 5.87. The molecule has 0 radical (unpaired) electrons. The third-order valence-corrected chi connectivity index (χ3v) is 7.56. The topological polar surface area (TPSA) is 52.6 Å². The van der Waals surface area contributed by atoms with Gasteiger partial charge < -0.3 is 10.4 Å². The summed E-state index contributed by atoms with van der Waals surface area (Å²) in [5.41, 5.74) is 1.99. The highest BCUT2D eigenvalue weighted by Gasteiger charge is 2.58. The summed E-state index contributed by atoms with van der Waals surface area (Å²) < 4.78 is 0. The van der Waals surface area contributed by atoms with Crippen molar-refractivity contribution in [2.24, 2.45) is 17.8 Å². The van der Waals surface area contributed by atoms with Crippen molar-refractivity contribution in [3.8, 4) is 0 Å². The fourth-order valence-electron chi connectivity index (χ4n) is 5.88. The van der Waals surface area contributed by atoms with Crippen molar-refractivity contribution >= 4 is 5.91 Å². The lowest BCUT2D eigenvalue weighted by atomic mass is 9.79. The van der Waals surface area contributed by atoms with Gasteiger partial charge in [-0.2, -0.15) is 0 Å². The zero-order valence-electron chi connectivity index (χ0n) is 17.8. The first-order valence-corrected chi connectivity index (χ1v) is 11.4. The van der Waals surface area contributed by atoms with Gasteiger partial charge in [-0.1, -0.05) is 73.0 Å². The summed E-state index contributed by atoms with van der Waals surface area (Å²) in [6.45, 7) is 5.16. The maximum Gasteiger partial charge on any atom is 0.257 e. The summed E-state index contributed by atoms with van der Waals surface area (Å²) >= 11 is 0. The molecule has 2 aromatic carbocycles. The summed E-state index contributed by atoms with van der Waals surface area (Å²) in [6, 6.07) is 18.5. The first kappa shape index (κ1) is 19.8. The van der Waals surface area contributed by atoms with Crippen molar-refractivity contribution in [1.82, 2.24) is 10.2 Å². The molecule has 158 valence electrons. The number of hydrogen-bond donors (Lipinski definition) is 2. The number of nitrogens with zero attached hydrogens (tertiary/aromatic N) is 1. The molecule has 1 heterocycles. The summed E-state index contributed by atoms with van der Waals surface area (Å²) in [7, 11) is 0. The minimum absolute atomic E-state index is 0.0105. The van der Waals surface area contributed by atoms with E-state index in [0.717, 1.165) is 50.9 Å². The smallest absolute Gasteiger partial charge is 0.257 e. The van der Waals surface area contributed by atoms with Crippen molar-refractivity contribution in [3.05, 3.63) is 71.3 Å². The predicted molar refractivity (Wildman–Crippen MR) is 118 cm³/mol. The van der Waals surface area contributed by atoms with Crippen molar-refractivity contribution < 1.29 is 9.90 Å². The molecule has 30 heavy (non-hydrogen) atoms. The lowest BCUT2D eigenvalue weighted by molar-refractivity contribution is -0.147. The van der Waals surface area contributed by atoms with Gasteiger partial charge in [0.05, 0.1) is 0 Å². The molecule has 3 fully saturated rings. The molecule has 0 aromatic heterocycles. The van der Waals surface area contributed by atoms with Gasteiger partial charge in [0.25, 0.3) is 5.91 Å². The summed E-state index contributed by atoms with van der Waals surface area (Å²) in [4.78, 5) is 15.9. The van der Waals surface area contributed by atoms with Gasteiger partial charge in [0.1, 0.15) is 0 Å². The molecule has 2 aliphatic carbocycles. The number of hydrogen-bond acceptors (Lipinski definition) is 3. The number of fused-ring (bicyclic) bond motifs is 1. The van der Waals surface area contributed by atoms with E-state index < -0.39 is 5.60 Å². The van der Waals surface area contributed by atoms with Crippen LogP contribution in [0.5, 0.6) is 0 Å². The van der Waals surface area contributed by atoms with E-state index in [0.29, 0.717) is 11.8 Å². The quantitative estimate of drug-likeness (QED) is 0.773. The van der Waals surface area contributed by atoms with Crippen LogP contribution in [0.3, 0.4) is 0 Å². The number of carbonyl (C=O) groups excluding carboxylic acids is 1. The van der Waals surface area contributed by atoms with Crippen LogP contribution in [0.15, 0.2) is 54.6 Å². The zero-order chi connectivity index (χ0) is 20.7. The molecule has 2 unspecified atom stereocenters. The molecule has 5 rings (SSSR count). The molecular formula is C26H32N2O2. The average molecular weight is 405 g/mol. The second-order valence-electron chi connectivity index (χ2n) is 9.62. The Kier molecular flexibility index (Phi) is 5.16. The van der Waals surface area contributed by atoms with Crippen LogP contribution in [-0.2, 0) is 16.9 Å². The van der Waals surface area contributed by atoms with Gasteiger partial charge in [0, 0.05) is 31.6 Å². The molecule has 4 nitrogen and oxygen atoms in total. The third kappa shape index (κ3) is 3.57. The molecule has 4 heteroatoms. The van der Waals surface area contributed by atoms with E-state index in [4.69, 9.17) is 0 Å². The molecule has 3 aliphatic rings. The third-order valence-electron chi connectivity index (χ3n) is 7.56. The number of carbonyl (C=O) groups is 1. The number of piperidine rings is 1. The molecule has 4 atom stereocenters. The Labute approximate surface area is 179 Å². The average Bonchev–Trinajstić information content (AvgIpc) is 3.17. The maximum atomic E-state index is 13.4. The zero-order valence-corrected chi connectivity index (χ0v) is 17.8. The van der Waals surface area contributed by atoms with Crippen molar-refractivity contribution in [1.29, 1.82) is 0 Å². The number of nitrogens with one attached hydrogen (secondary N) is 1. The van der Waals surface area contributed by atoms with Crippen LogP contribution >= 0.6 is 0 Å². The van der Waals surface area contributed by atoms with E-state index in [1.165, 1.54) is 11.1 Å². The number of rotatable bonds is 6.